The van der Waals surface area contributed by atoms with Crippen LogP contribution in [0, 0.1) is 17.8 Å². The Balaban J connectivity index is 1.71. The lowest BCUT2D eigenvalue weighted by Crippen LogP contribution is -2.50. The molecule has 172 valence electrons. The van der Waals surface area contributed by atoms with Gasteiger partial charge in [0.15, 0.2) is 0 Å². The third-order valence-electron chi connectivity index (χ3n) is 6.66. The first kappa shape index (κ1) is 23.9. The lowest BCUT2D eigenvalue weighted by atomic mass is 9.75. The molecule has 2 fully saturated rings. The molecule has 2 heterocycles. The summed E-state index contributed by atoms with van der Waals surface area (Å²) < 4.78 is 6.20. The molecule has 0 bridgehead atoms. The molecule has 31 heavy (non-hydrogen) atoms. The molecule has 5 nitrogen and oxygen atoms in total. The average Bonchev–Trinajstić information content (AvgIpc) is 2.75. The van der Waals surface area contributed by atoms with E-state index in [0.717, 1.165) is 55.1 Å². The molecule has 3 rings (SSSR count). The first-order valence-corrected chi connectivity index (χ1v) is 11.9. The van der Waals surface area contributed by atoms with E-state index in [1.807, 2.05) is 55.7 Å². The van der Waals surface area contributed by atoms with Crippen LogP contribution in [0.3, 0.4) is 0 Å². The van der Waals surface area contributed by atoms with E-state index in [0.29, 0.717) is 26.1 Å². The second-order valence-corrected chi connectivity index (χ2v) is 10.8. The molecule has 0 unspecified atom stereocenters. The highest BCUT2D eigenvalue weighted by Crippen LogP contribution is 2.38. The molecular weight excluding hydrogens is 412 g/mol. The van der Waals surface area contributed by atoms with E-state index in [2.05, 4.69) is 0 Å². The van der Waals surface area contributed by atoms with Gasteiger partial charge in [-0.3, -0.25) is 9.59 Å². The van der Waals surface area contributed by atoms with Gasteiger partial charge in [-0.05, 0) is 62.8 Å². The van der Waals surface area contributed by atoms with Gasteiger partial charge in [0.1, 0.15) is 5.75 Å². The molecule has 0 atom stereocenters. The Morgan fingerprint density at radius 3 is 2.26 bits per heavy atom. The van der Waals surface area contributed by atoms with Gasteiger partial charge in [0.05, 0.1) is 6.61 Å². The minimum atomic E-state index is -0.388. The van der Waals surface area contributed by atoms with Gasteiger partial charge in [0, 0.05) is 48.5 Å². The van der Waals surface area contributed by atoms with E-state index in [1.165, 1.54) is 6.42 Å². The fourth-order valence-electron chi connectivity index (χ4n) is 4.55. The van der Waals surface area contributed by atoms with Crippen molar-refractivity contribution < 1.29 is 14.3 Å². The van der Waals surface area contributed by atoms with Crippen LogP contribution in [0.15, 0.2) is 18.2 Å². The van der Waals surface area contributed by atoms with Crippen molar-refractivity contribution >= 4 is 23.4 Å². The maximum absolute atomic E-state index is 13.1. The van der Waals surface area contributed by atoms with Gasteiger partial charge in [-0.1, -0.05) is 32.4 Å². The highest BCUT2D eigenvalue weighted by Gasteiger charge is 2.41. The number of rotatable bonds is 5. The second kappa shape index (κ2) is 9.81. The zero-order chi connectivity index (χ0) is 22.6. The summed E-state index contributed by atoms with van der Waals surface area (Å²) in [5, 5.41) is 0.719. The van der Waals surface area contributed by atoms with Crippen LogP contribution in [0.1, 0.15) is 64.9 Å². The summed E-state index contributed by atoms with van der Waals surface area (Å²) in [6, 6.07) is 5.68. The van der Waals surface area contributed by atoms with Crippen LogP contribution in [0.2, 0.25) is 5.02 Å². The Morgan fingerprint density at radius 2 is 1.68 bits per heavy atom. The SMILES string of the molecule is Cc1cc(OCC2(CC(=O)N3CCCCC3)CCN(C(=O)C(C)(C)C)CC2)ccc1Cl. The second-order valence-electron chi connectivity index (χ2n) is 10.4. The molecule has 2 aliphatic heterocycles. The normalized spacial score (nSPS) is 19.3. The average molecular weight is 449 g/mol. The molecule has 2 aliphatic rings. The summed E-state index contributed by atoms with van der Waals surface area (Å²) >= 11 is 6.15. The Bertz CT molecular complexity index is 788. The quantitative estimate of drug-likeness (QED) is 0.630. The van der Waals surface area contributed by atoms with E-state index in [9.17, 15) is 9.59 Å². The van der Waals surface area contributed by atoms with E-state index in [1.54, 1.807) is 0 Å². The third kappa shape index (κ3) is 6.15. The molecule has 0 N–H and O–H groups in total. The molecule has 0 radical (unpaired) electrons. The fraction of sp³-hybridized carbons (Fsp3) is 0.680. The van der Waals surface area contributed by atoms with Gasteiger partial charge in [-0.25, -0.2) is 0 Å². The maximum Gasteiger partial charge on any atom is 0.227 e. The molecule has 2 saturated heterocycles. The molecule has 6 heteroatoms. The van der Waals surface area contributed by atoms with E-state index >= 15 is 0 Å². The number of hydrogen-bond acceptors (Lipinski definition) is 3. The molecule has 1 aromatic rings. The van der Waals surface area contributed by atoms with Crippen LogP contribution in [0.5, 0.6) is 5.75 Å². The first-order chi connectivity index (χ1) is 14.6. The summed E-state index contributed by atoms with van der Waals surface area (Å²) in [5.74, 6) is 1.18. The Labute approximate surface area is 192 Å². The number of amides is 2. The van der Waals surface area contributed by atoms with Crippen LogP contribution in [0.4, 0.5) is 0 Å². The largest absolute Gasteiger partial charge is 0.493 e. The van der Waals surface area contributed by atoms with Crippen molar-refractivity contribution in [2.45, 2.75) is 66.2 Å². The van der Waals surface area contributed by atoms with Crippen LogP contribution in [-0.4, -0.2) is 54.4 Å². The number of hydrogen-bond donors (Lipinski definition) is 0. The van der Waals surface area contributed by atoms with Crippen molar-refractivity contribution in [2.75, 3.05) is 32.8 Å². The molecule has 0 spiro atoms. The van der Waals surface area contributed by atoms with Gasteiger partial charge in [-0.15, -0.1) is 0 Å². The van der Waals surface area contributed by atoms with Crippen LogP contribution in [0.25, 0.3) is 0 Å². The fourth-order valence-corrected chi connectivity index (χ4v) is 4.67. The summed E-state index contributed by atoms with van der Waals surface area (Å²) in [6.07, 6.45) is 5.43. The number of halogens is 1. The number of benzene rings is 1. The standard InChI is InChI=1S/C25H37ClN2O3/c1-19-16-20(8-9-21(19)26)31-18-25(17-22(29)27-12-6-5-7-13-27)10-14-28(15-11-25)23(30)24(2,3)4/h8-9,16H,5-7,10-15,17-18H2,1-4H3. The number of ether oxygens (including phenoxy) is 1. The Kier molecular flexibility index (Phi) is 7.56. The Hall–Kier alpha value is -1.75. The predicted octanol–water partition coefficient (Wildman–Crippen LogP) is 5.08. The molecule has 0 saturated carbocycles. The summed E-state index contributed by atoms with van der Waals surface area (Å²) in [7, 11) is 0. The number of aryl methyl sites for hydroxylation is 1. The van der Waals surface area contributed by atoms with Crippen molar-refractivity contribution in [1.29, 1.82) is 0 Å². The smallest absolute Gasteiger partial charge is 0.227 e. The van der Waals surface area contributed by atoms with Crippen LogP contribution >= 0.6 is 11.6 Å². The van der Waals surface area contributed by atoms with E-state index in [-0.39, 0.29) is 22.6 Å². The van der Waals surface area contributed by atoms with Crippen molar-refractivity contribution in [1.82, 2.24) is 9.80 Å². The van der Waals surface area contributed by atoms with Crippen molar-refractivity contribution in [3.8, 4) is 5.75 Å². The van der Waals surface area contributed by atoms with E-state index in [4.69, 9.17) is 16.3 Å². The van der Waals surface area contributed by atoms with Gasteiger partial charge in [0.25, 0.3) is 0 Å². The molecule has 1 aromatic carbocycles. The minimum Gasteiger partial charge on any atom is -0.493 e. The lowest BCUT2D eigenvalue weighted by Gasteiger charge is -2.43. The molecule has 2 amide bonds. The zero-order valence-corrected chi connectivity index (χ0v) is 20.3. The highest BCUT2D eigenvalue weighted by molar-refractivity contribution is 6.31. The number of nitrogens with zero attached hydrogens (tertiary/aromatic N) is 2. The first-order valence-electron chi connectivity index (χ1n) is 11.6. The number of carbonyl (C=O) groups is 2. The van der Waals surface area contributed by atoms with Crippen LogP contribution < -0.4 is 4.74 Å². The molecule has 0 aliphatic carbocycles. The zero-order valence-electron chi connectivity index (χ0n) is 19.5. The van der Waals surface area contributed by atoms with Gasteiger partial charge < -0.3 is 14.5 Å². The van der Waals surface area contributed by atoms with E-state index < -0.39 is 0 Å². The monoisotopic (exact) mass is 448 g/mol. The van der Waals surface area contributed by atoms with Gasteiger partial charge in [-0.2, -0.15) is 0 Å². The van der Waals surface area contributed by atoms with Crippen molar-refractivity contribution in [3.63, 3.8) is 0 Å². The third-order valence-corrected chi connectivity index (χ3v) is 7.09. The van der Waals surface area contributed by atoms with Crippen molar-refractivity contribution in [3.05, 3.63) is 28.8 Å². The minimum absolute atomic E-state index is 0.178. The predicted molar refractivity (Wildman–Crippen MR) is 124 cm³/mol. The summed E-state index contributed by atoms with van der Waals surface area (Å²) in [6.45, 7) is 11.4. The lowest BCUT2D eigenvalue weighted by molar-refractivity contribution is -0.143. The number of likely N-dealkylation sites (tertiary alicyclic amines) is 2. The molecular formula is C25H37ClN2O3. The van der Waals surface area contributed by atoms with Crippen LogP contribution in [-0.2, 0) is 9.59 Å². The maximum atomic E-state index is 13.1. The highest BCUT2D eigenvalue weighted by atomic mass is 35.5. The van der Waals surface area contributed by atoms with Gasteiger partial charge in [0.2, 0.25) is 11.8 Å². The summed E-state index contributed by atoms with van der Waals surface area (Å²) in [5.41, 5.74) is 0.334. The van der Waals surface area contributed by atoms with Gasteiger partial charge >= 0.3 is 0 Å². The number of carbonyl (C=O) groups excluding carboxylic acids is 2. The molecule has 0 aromatic heterocycles. The Morgan fingerprint density at radius 1 is 1.03 bits per heavy atom. The van der Waals surface area contributed by atoms with Crippen molar-refractivity contribution in [2.24, 2.45) is 10.8 Å². The topological polar surface area (TPSA) is 49.9 Å². The number of piperidine rings is 2. The summed E-state index contributed by atoms with van der Waals surface area (Å²) in [4.78, 5) is 29.9.